The number of pyridine rings is 1. The summed E-state index contributed by atoms with van der Waals surface area (Å²) in [5.74, 6) is 0.588. The molecule has 23 heavy (non-hydrogen) atoms. The number of nitrogens with one attached hydrogen (secondary N) is 1. The molecule has 0 aromatic carbocycles. The van der Waals surface area contributed by atoms with Crippen LogP contribution in [0.25, 0.3) is 11.5 Å². The first kappa shape index (κ1) is 14.4. The highest BCUT2D eigenvalue weighted by atomic mass is 19.1. The highest BCUT2D eigenvalue weighted by Gasteiger charge is 2.35. The van der Waals surface area contributed by atoms with Crippen LogP contribution in [0, 0.1) is 11.7 Å². The normalized spacial score (nSPS) is 26.2. The zero-order valence-electron chi connectivity index (χ0n) is 12.7. The molecular weight excluding hydrogens is 297 g/mol. The van der Waals surface area contributed by atoms with Crippen molar-refractivity contribution in [3.8, 4) is 11.5 Å². The second-order valence-electron chi connectivity index (χ2n) is 6.24. The minimum absolute atomic E-state index is 0.186. The lowest BCUT2D eigenvalue weighted by Gasteiger charge is -2.44. The first-order valence-corrected chi connectivity index (χ1v) is 7.94. The molecule has 1 amide bonds. The highest BCUT2D eigenvalue weighted by Crippen LogP contribution is 2.28. The number of piperidine rings is 3. The van der Waals surface area contributed by atoms with E-state index in [1.165, 1.54) is 18.3 Å². The van der Waals surface area contributed by atoms with E-state index in [1.54, 1.807) is 12.1 Å². The molecule has 3 aliphatic heterocycles. The van der Waals surface area contributed by atoms with Crippen molar-refractivity contribution in [2.24, 2.45) is 5.92 Å². The van der Waals surface area contributed by atoms with Gasteiger partial charge in [0.05, 0.1) is 0 Å². The summed E-state index contributed by atoms with van der Waals surface area (Å²) < 4.78 is 18.8. The topological polar surface area (TPSA) is 58.4 Å². The fourth-order valence-corrected chi connectivity index (χ4v) is 3.51. The van der Waals surface area contributed by atoms with Crippen molar-refractivity contribution in [2.45, 2.75) is 18.9 Å². The fourth-order valence-electron chi connectivity index (χ4n) is 3.51. The van der Waals surface area contributed by atoms with Crippen LogP contribution in [0.1, 0.15) is 23.4 Å². The van der Waals surface area contributed by atoms with Gasteiger partial charge in [-0.15, -0.1) is 0 Å². The third-order valence-electron chi connectivity index (χ3n) is 4.78. The Bertz CT molecular complexity index is 722. The summed E-state index contributed by atoms with van der Waals surface area (Å²) in [4.78, 5) is 18.8. The highest BCUT2D eigenvalue weighted by molar-refractivity contribution is 5.92. The Labute approximate surface area is 133 Å². The number of carbonyl (C=O) groups excluding carboxylic acids is 1. The van der Waals surface area contributed by atoms with Crippen LogP contribution in [0.2, 0.25) is 0 Å². The van der Waals surface area contributed by atoms with E-state index >= 15 is 0 Å². The van der Waals surface area contributed by atoms with Crippen LogP contribution in [0.3, 0.4) is 0 Å². The smallest absolute Gasteiger partial charge is 0.287 e. The second-order valence-corrected chi connectivity index (χ2v) is 6.24. The van der Waals surface area contributed by atoms with Gasteiger partial charge < -0.3 is 14.6 Å². The van der Waals surface area contributed by atoms with Crippen LogP contribution in [0.15, 0.2) is 34.9 Å². The molecule has 0 radical (unpaired) electrons. The molecular formula is C17H18FN3O2. The number of halogens is 1. The number of nitrogens with zero attached hydrogens (tertiary/aromatic N) is 2. The molecule has 3 fully saturated rings. The molecule has 0 spiro atoms. The third kappa shape index (κ3) is 2.86. The lowest BCUT2D eigenvalue weighted by Crippen LogP contribution is -2.57. The first-order chi connectivity index (χ1) is 11.2. The average Bonchev–Trinajstić information content (AvgIpc) is 3.06. The largest absolute Gasteiger partial charge is 0.449 e. The fraction of sp³-hybridized carbons (Fsp3) is 0.412. The van der Waals surface area contributed by atoms with Crippen LogP contribution < -0.4 is 5.32 Å². The Morgan fingerprint density at radius 2 is 2.13 bits per heavy atom. The first-order valence-electron chi connectivity index (χ1n) is 7.94. The number of hydrogen-bond acceptors (Lipinski definition) is 4. The summed E-state index contributed by atoms with van der Waals surface area (Å²) in [6.45, 7) is 3.18. The van der Waals surface area contributed by atoms with Crippen molar-refractivity contribution >= 4 is 5.91 Å². The van der Waals surface area contributed by atoms with Gasteiger partial charge in [0.1, 0.15) is 11.5 Å². The summed E-state index contributed by atoms with van der Waals surface area (Å²) in [6, 6.07) is 6.00. The van der Waals surface area contributed by atoms with Gasteiger partial charge in [-0.05, 0) is 50.0 Å². The zero-order valence-corrected chi connectivity index (χ0v) is 12.7. The van der Waals surface area contributed by atoms with Crippen molar-refractivity contribution in [1.29, 1.82) is 0 Å². The van der Waals surface area contributed by atoms with Crippen LogP contribution >= 0.6 is 0 Å². The molecule has 5 rings (SSSR count). The molecule has 1 atom stereocenters. The van der Waals surface area contributed by atoms with Gasteiger partial charge in [-0.3, -0.25) is 9.78 Å². The molecule has 2 aromatic heterocycles. The standard InChI is InChI=1S/C17H18FN3O2/c18-12-3-6-19-13(9-12)15-1-2-16(23-15)17(22)20-14-10-21-7-4-11(14)5-8-21/h1-3,6,9,11,14H,4-5,7-8,10H2,(H,20,22). The van der Waals surface area contributed by atoms with E-state index < -0.39 is 0 Å². The van der Waals surface area contributed by atoms with E-state index in [2.05, 4.69) is 15.2 Å². The molecule has 3 saturated heterocycles. The molecule has 6 heteroatoms. The van der Waals surface area contributed by atoms with Crippen molar-refractivity contribution in [2.75, 3.05) is 19.6 Å². The number of hydrogen-bond donors (Lipinski definition) is 1. The van der Waals surface area contributed by atoms with Gasteiger partial charge in [-0.25, -0.2) is 4.39 Å². The van der Waals surface area contributed by atoms with E-state index in [4.69, 9.17) is 4.42 Å². The van der Waals surface area contributed by atoms with Gasteiger partial charge in [-0.1, -0.05) is 0 Å². The molecule has 3 aliphatic rings. The number of carbonyl (C=O) groups is 1. The quantitative estimate of drug-likeness (QED) is 0.944. The van der Waals surface area contributed by atoms with E-state index in [1.807, 2.05) is 0 Å². The molecule has 1 unspecified atom stereocenters. The predicted molar refractivity (Wildman–Crippen MR) is 82.3 cm³/mol. The number of amides is 1. The van der Waals surface area contributed by atoms with Crippen LogP contribution in [-0.4, -0.2) is 41.5 Å². The molecule has 5 nitrogen and oxygen atoms in total. The van der Waals surface area contributed by atoms with Crippen LogP contribution in [0.4, 0.5) is 4.39 Å². The number of fused-ring (bicyclic) bond motifs is 3. The monoisotopic (exact) mass is 315 g/mol. The Balaban J connectivity index is 1.47. The van der Waals surface area contributed by atoms with Gasteiger partial charge >= 0.3 is 0 Å². The molecule has 5 heterocycles. The van der Waals surface area contributed by atoms with Crippen LogP contribution in [-0.2, 0) is 0 Å². The van der Waals surface area contributed by atoms with E-state index in [9.17, 15) is 9.18 Å². The van der Waals surface area contributed by atoms with E-state index in [-0.39, 0.29) is 23.5 Å². The second kappa shape index (κ2) is 5.77. The molecule has 0 saturated carbocycles. The zero-order chi connectivity index (χ0) is 15.8. The lowest BCUT2D eigenvalue weighted by atomic mass is 9.84. The summed E-state index contributed by atoms with van der Waals surface area (Å²) in [7, 11) is 0. The van der Waals surface area contributed by atoms with Gasteiger partial charge in [0.25, 0.3) is 5.91 Å². The third-order valence-corrected chi connectivity index (χ3v) is 4.78. The van der Waals surface area contributed by atoms with E-state index in [0.717, 1.165) is 32.5 Å². The Kier molecular flexibility index (Phi) is 3.61. The summed E-state index contributed by atoms with van der Waals surface area (Å²) in [6.07, 6.45) is 3.66. The Morgan fingerprint density at radius 3 is 2.83 bits per heavy atom. The van der Waals surface area contributed by atoms with Crippen molar-refractivity contribution in [1.82, 2.24) is 15.2 Å². The Hall–Kier alpha value is -2.21. The van der Waals surface area contributed by atoms with Crippen molar-refractivity contribution in [3.05, 3.63) is 42.0 Å². The summed E-state index contributed by atoms with van der Waals surface area (Å²) in [5.41, 5.74) is 0.381. The number of aromatic nitrogens is 1. The van der Waals surface area contributed by atoms with Gasteiger partial charge in [0.15, 0.2) is 11.5 Å². The minimum Gasteiger partial charge on any atom is -0.449 e. The predicted octanol–water partition coefficient (Wildman–Crippen LogP) is 2.30. The summed E-state index contributed by atoms with van der Waals surface area (Å²) in [5, 5.41) is 3.07. The maximum Gasteiger partial charge on any atom is 0.287 e. The molecule has 0 aliphatic carbocycles. The number of furan rings is 1. The van der Waals surface area contributed by atoms with Crippen molar-refractivity contribution in [3.63, 3.8) is 0 Å². The molecule has 2 aromatic rings. The van der Waals surface area contributed by atoms with Gasteiger partial charge in [-0.2, -0.15) is 0 Å². The number of rotatable bonds is 3. The Morgan fingerprint density at radius 1 is 1.30 bits per heavy atom. The maximum atomic E-state index is 13.2. The van der Waals surface area contributed by atoms with Crippen molar-refractivity contribution < 1.29 is 13.6 Å². The average molecular weight is 315 g/mol. The summed E-state index contributed by atoms with van der Waals surface area (Å²) >= 11 is 0. The van der Waals surface area contributed by atoms with Gasteiger partial charge in [0.2, 0.25) is 0 Å². The van der Waals surface area contributed by atoms with Gasteiger partial charge in [0, 0.05) is 24.8 Å². The lowest BCUT2D eigenvalue weighted by molar-refractivity contribution is 0.0606. The van der Waals surface area contributed by atoms with Crippen LogP contribution in [0.5, 0.6) is 0 Å². The van der Waals surface area contributed by atoms with E-state index in [0.29, 0.717) is 17.4 Å². The molecule has 1 N–H and O–H groups in total. The molecule has 120 valence electrons. The minimum atomic E-state index is -0.385. The SMILES string of the molecule is O=C(NC1CN2CCC1CC2)c1ccc(-c2cc(F)ccn2)o1. The maximum absolute atomic E-state index is 13.2. The molecule has 2 bridgehead atoms.